The van der Waals surface area contributed by atoms with E-state index in [2.05, 4.69) is 11.4 Å². The zero-order chi connectivity index (χ0) is 12.8. The van der Waals surface area contributed by atoms with Crippen LogP contribution in [0.4, 0.5) is 0 Å². The van der Waals surface area contributed by atoms with E-state index in [1.165, 1.54) is 31.0 Å². The Morgan fingerprint density at radius 2 is 2.22 bits per heavy atom. The van der Waals surface area contributed by atoms with Crippen molar-refractivity contribution >= 4 is 17.7 Å². The average Bonchev–Trinajstić information content (AvgIpc) is 2.35. The standard InChI is InChI=1S/C14H16N2OS/c15-8-12-6-1-2-7-13(12)18-10-14(17)16-9-11-4-3-5-11/h1-2,6-7,11H,3-5,9-10H2,(H,16,17). The monoisotopic (exact) mass is 260 g/mol. The molecule has 1 fully saturated rings. The van der Waals surface area contributed by atoms with Gasteiger partial charge >= 0.3 is 0 Å². The number of hydrogen-bond acceptors (Lipinski definition) is 3. The molecule has 1 aromatic rings. The van der Waals surface area contributed by atoms with Crippen LogP contribution in [-0.2, 0) is 4.79 Å². The maximum absolute atomic E-state index is 11.6. The summed E-state index contributed by atoms with van der Waals surface area (Å²) in [6.07, 6.45) is 3.78. The fourth-order valence-electron chi connectivity index (χ4n) is 1.83. The molecule has 0 unspecified atom stereocenters. The van der Waals surface area contributed by atoms with Crippen molar-refractivity contribution in [3.05, 3.63) is 29.8 Å². The SMILES string of the molecule is N#Cc1ccccc1SCC(=O)NCC1CCC1. The minimum absolute atomic E-state index is 0.0552. The summed E-state index contributed by atoms with van der Waals surface area (Å²) < 4.78 is 0. The molecule has 18 heavy (non-hydrogen) atoms. The molecule has 1 aliphatic rings. The first kappa shape index (κ1) is 13.0. The van der Waals surface area contributed by atoms with Crippen molar-refractivity contribution in [3.8, 4) is 6.07 Å². The zero-order valence-corrected chi connectivity index (χ0v) is 11.0. The highest BCUT2D eigenvalue weighted by Gasteiger charge is 2.17. The van der Waals surface area contributed by atoms with Crippen molar-refractivity contribution in [2.24, 2.45) is 5.92 Å². The Kier molecular flexibility index (Phi) is 4.66. The van der Waals surface area contributed by atoms with Gasteiger partial charge in [-0.05, 0) is 30.9 Å². The molecule has 0 atom stereocenters. The van der Waals surface area contributed by atoms with Crippen LogP contribution in [0.2, 0.25) is 0 Å². The lowest BCUT2D eigenvalue weighted by atomic mass is 9.85. The first-order valence-corrected chi connectivity index (χ1v) is 7.17. The molecule has 0 aliphatic heterocycles. The van der Waals surface area contributed by atoms with Gasteiger partial charge in [0.25, 0.3) is 0 Å². The van der Waals surface area contributed by atoms with Crippen LogP contribution in [0.5, 0.6) is 0 Å². The molecule has 2 rings (SSSR count). The third-order valence-corrected chi connectivity index (χ3v) is 4.25. The van der Waals surface area contributed by atoms with Crippen molar-refractivity contribution in [1.82, 2.24) is 5.32 Å². The number of hydrogen-bond donors (Lipinski definition) is 1. The summed E-state index contributed by atoms with van der Waals surface area (Å²) in [4.78, 5) is 12.5. The van der Waals surface area contributed by atoms with Crippen LogP contribution in [0.1, 0.15) is 24.8 Å². The van der Waals surface area contributed by atoms with Crippen molar-refractivity contribution in [2.45, 2.75) is 24.2 Å². The van der Waals surface area contributed by atoms with Crippen molar-refractivity contribution < 1.29 is 4.79 Å². The summed E-state index contributed by atoms with van der Waals surface area (Å²) in [7, 11) is 0. The number of nitriles is 1. The van der Waals surface area contributed by atoms with E-state index in [0.29, 0.717) is 17.2 Å². The van der Waals surface area contributed by atoms with Gasteiger partial charge in [-0.25, -0.2) is 0 Å². The molecule has 0 bridgehead atoms. The van der Waals surface area contributed by atoms with Crippen molar-refractivity contribution in [3.63, 3.8) is 0 Å². The molecule has 0 aromatic heterocycles. The van der Waals surface area contributed by atoms with E-state index in [1.807, 2.05) is 18.2 Å². The Morgan fingerprint density at radius 3 is 2.89 bits per heavy atom. The predicted molar refractivity (Wildman–Crippen MR) is 72.2 cm³/mol. The maximum atomic E-state index is 11.6. The van der Waals surface area contributed by atoms with Crippen LogP contribution >= 0.6 is 11.8 Å². The van der Waals surface area contributed by atoms with E-state index >= 15 is 0 Å². The van der Waals surface area contributed by atoms with Crippen LogP contribution < -0.4 is 5.32 Å². The van der Waals surface area contributed by atoms with Gasteiger partial charge in [0.1, 0.15) is 6.07 Å². The molecule has 0 heterocycles. The largest absolute Gasteiger partial charge is 0.355 e. The zero-order valence-electron chi connectivity index (χ0n) is 10.2. The lowest BCUT2D eigenvalue weighted by molar-refractivity contribution is -0.118. The number of amides is 1. The number of thioether (sulfide) groups is 1. The molecule has 1 saturated carbocycles. The lowest BCUT2D eigenvalue weighted by Gasteiger charge is -2.25. The highest BCUT2D eigenvalue weighted by Crippen LogP contribution is 2.25. The van der Waals surface area contributed by atoms with Crippen molar-refractivity contribution in [2.75, 3.05) is 12.3 Å². The average molecular weight is 260 g/mol. The predicted octanol–water partition coefficient (Wildman–Crippen LogP) is 2.57. The molecule has 3 nitrogen and oxygen atoms in total. The Morgan fingerprint density at radius 1 is 1.44 bits per heavy atom. The van der Waals surface area contributed by atoms with Crippen LogP contribution in [-0.4, -0.2) is 18.2 Å². The fourth-order valence-corrected chi connectivity index (χ4v) is 2.67. The van der Waals surface area contributed by atoms with Gasteiger partial charge in [0.2, 0.25) is 5.91 Å². The van der Waals surface area contributed by atoms with E-state index < -0.39 is 0 Å². The van der Waals surface area contributed by atoms with Gasteiger partial charge in [-0.1, -0.05) is 18.6 Å². The van der Waals surface area contributed by atoms with Gasteiger partial charge in [-0.2, -0.15) is 5.26 Å². The minimum atomic E-state index is 0.0552. The molecule has 1 N–H and O–H groups in total. The molecule has 0 radical (unpaired) electrons. The third-order valence-electron chi connectivity index (χ3n) is 3.18. The van der Waals surface area contributed by atoms with Gasteiger partial charge in [-0.15, -0.1) is 11.8 Å². The molecule has 0 spiro atoms. The summed E-state index contributed by atoms with van der Waals surface area (Å²) in [5.41, 5.74) is 0.634. The van der Waals surface area contributed by atoms with Gasteiger partial charge in [0.05, 0.1) is 11.3 Å². The number of nitrogens with zero attached hydrogens (tertiary/aromatic N) is 1. The Labute approximate surface area is 112 Å². The van der Waals surface area contributed by atoms with Crippen LogP contribution in [0.15, 0.2) is 29.2 Å². The number of carbonyl (C=O) groups is 1. The highest BCUT2D eigenvalue weighted by molar-refractivity contribution is 8.00. The van der Waals surface area contributed by atoms with E-state index in [0.717, 1.165) is 11.4 Å². The Bertz CT molecular complexity index is 463. The Hall–Kier alpha value is -1.47. The van der Waals surface area contributed by atoms with Gasteiger partial charge in [0.15, 0.2) is 0 Å². The topological polar surface area (TPSA) is 52.9 Å². The van der Waals surface area contributed by atoms with E-state index in [1.54, 1.807) is 6.07 Å². The molecule has 0 saturated heterocycles. The van der Waals surface area contributed by atoms with Gasteiger partial charge in [-0.3, -0.25) is 4.79 Å². The van der Waals surface area contributed by atoms with Crippen LogP contribution in [0, 0.1) is 17.2 Å². The minimum Gasteiger partial charge on any atom is -0.355 e. The van der Waals surface area contributed by atoms with Crippen LogP contribution in [0.25, 0.3) is 0 Å². The first-order valence-electron chi connectivity index (χ1n) is 6.18. The summed E-state index contributed by atoms with van der Waals surface area (Å²) in [6, 6.07) is 9.50. The molecule has 94 valence electrons. The summed E-state index contributed by atoms with van der Waals surface area (Å²) in [6.45, 7) is 0.805. The molecule has 1 aromatic carbocycles. The maximum Gasteiger partial charge on any atom is 0.230 e. The van der Waals surface area contributed by atoms with Gasteiger partial charge in [0, 0.05) is 11.4 Å². The second-order valence-electron chi connectivity index (χ2n) is 4.50. The van der Waals surface area contributed by atoms with E-state index in [-0.39, 0.29) is 5.91 Å². The first-order chi connectivity index (χ1) is 8.79. The molecule has 1 aliphatic carbocycles. The number of nitrogens with one attached hydrogen (secondary N) is 1. The Balaban J connectivity index is 1.76. The highest BCUT2D eigenvalue weighted by atomic mass is 32.2. The summed E-state index contributed by atoms with van der Waals surface area (Å²) in [5, 5.41) is 11.9. The third kappa shape index (κ3) is 3.51. The number of carbonyl (C=O) groups excluding carboxylic acids is 1. The van der Waals surface area contributed by atoms with Gasteiger partial charge < -0.3 is 5.32 Å². The second kappa shape index (κ2) is 6.46. The molecular weight excluding hydrogens is 244 g/mol. The number of benzene rings is 1. The van der Waals surface area contributed by atoms with E-state index in [9.17, 15) is 4.79 Å². The van der Waals surface area contributed by atoms with Crippen LogP contribution in [0.3, 0.4) is 0 Å². The summed E-state index contributed by atoms with van der Waals surface area (Å²) in [5.74, 6) is 1.12. The number of rotatable bonds is 5. The van der Waals surface area contributed by atoms with E-state index in [4.69, 9.17) is 5.26 Å². The normalized spacial score (nSPS) is 14.6. The quantitative estimate of drug-likeness (QED) is 0.828. The molecular formula is C14H16N2OS. The fraction of sp³-hybridized carbons (Fsp3) is 0.429. The lowest BCUT2D eigenvalue weighted by Crippen LogP contribution is -2.33. The smallest absolute Gasteiger partial charge is 0.230 e. The molecule has 4 heteroatoms. The second-order valence-corrected chi connectivity index (χ2v) is 5.51. The molecule has 1 amide bonds. The van der Waals surface area contributed by atoms with Crippen molar-refractivity contribution in [1.29, 1.82) is 5.26 Å². The summed E-state index contributed by atoms with van der Waals surface area (Å²) >= 11 is 1.42.